The minimum atomic E-state index is -1.38. The van der Waals surface area contributed by atoms with Crippen molar-refractivity contribution in [1.82, 2.24) is 4.98 Å². The Morgan fingerprint density at radius 2 is 2.00 bits per heavy atom. The van der Waals surface area contributed by atoms with Crippen molar-refractivity contribution >= 4 is 24.8 Å². The number of aromatic hydroxyl groups is 1. The molecule has 1 N–H and O–H groups in total. The molecular formula is C16H16ClHgN2NaO4S. The number of oxazole rings is 1. The Labute approximate surface area is 206 Å². The maximum Gasteiger partial charge on any atom is 2.00 e. The Bertz CT molecular complexity index is 723. The van der Waals surface area contributed by atoms with E-state index in [0.717, 1.165) is 11.8 Å². The average molecular weight is 591 g/mol. The third-order valence-electron chi connectivity index (χ3n) is 3.10. The number of benzene rings is 1. The summed E-state index contributed by atoms with van der Waals surface area (Å²) in [7, 11) is 0. The maximum absolute atomic E-state index is 11.1. The van der Waals surface area contributed by atoms with E-state index in [9.17, 15) is 15.0 Å². The van der Waals surface area contributed by atoms with Crippen LogP contribution in [-0.4, -0.2) is 33.1 Å². The summed E-state index contributed by atoms with van der Waals surface area (Å²) in [6.45, 7) is 3.12. The molecule has 0 saturated carbocycles. The first kappa shape index (κ1) is 28.2. The van der Waals surface area contributed by atoms with Gasteiger partial charge in [0, 0.05) is 6.42 Å². The van der Waals surface area contributed by atoms with Gasteiger partial charge in [-0.25, -0.2) is 4.98 Å². The molecule has 0 aliphatic carbocycles. The summed E-state index contributed by atoms with van der Waals surface area (Å²) in [5.74, 6) is -1.49. The van der Waals surface area contributed by atoms with Crippen LogP contribution in [0.3, 0.4) is 0 Å². The normalized spacial score (nSPS) is 11.8. The summed E-state index contributed by atoms with van der Waals surface area (Å²) < 4.78 is 4.13. The molecule has 0 saturated heterocycles. The SMILES string of the molecule is CC(C)([S-])C(N=Cc1nc(Cc2ccccc2)oc1O)C(=O)[O-].[Cl-].[Hg+2].[Na+]. The quantitative estimate of drug-likeness (QED) is 0.205. The van der Waals surface area contributed by atoms with E-state index < -0.39 is 22.7 Å². The Morgan fingerprint density at radius 3 is 2.50 bits per heavy atom. The summed E-state index contributed by atoms with van der Waals surface area (Å²) in [6.07, 6.45) is 1.54. The van der Waals surface area contributed by atoms with Gasteiger partial charge in [0.05, 0.1) is 18.2 Å². The zero-order valence-corrected chi connectivity index (χ0v) is 23.9. The molecule has 2 aromatic rings. The minimum absolute atomic E-state index is 0. The van der Waals surface area contributed by atoms with Crippen LogP contribution in [0.4, 0.5) is 0 Å². The molecule has 0 amide bonds. The van der Waals surface area contributed by atoms with Crippen molar-refractivity contribution in [3.8, 4) is 5.95 Å². The molecule has 0 aliphatic rings. The standard InChI is InChI=1S/C16H18N2O4S.ClH.Hg.Na/c1-16(2,23)13(14(19)20)17-9-11-15(21)22-12(18-11)8-10-6-4-3-5-7-10;;;/h3-7,9,13,21,23H,8H2,1-2H3,(H,19,20);1H;;/q;;+2;+1/p-3. The minimum Gasteiger partial charge on any atom is -1.00 e. The summed E-state index contributed by atoms with van der Waals surface area (Å²) in [5, 5.41) is 20.9. The van der Waals surface area contributed by atoms with Crippen molar-refractivity contribution in [3.63, 3.8) is 0 Å². The first-order valence-electron chi connectivity index (χ1n) is 6.94. The average Bonchev–Trinajstić information content (AvgIpc) is 2.78. The Balaban J connectivity index is 0. The number of aliphatic imine (C=N–C) groups is 1. The van der Waals surface area contributed by atoms with Gasteiger partial charge in [-0.2, -0.15) is 0 Å². The van der Waals surface area contributed by atoms with E-state index in [4.69, 9.17) is 17.0 Å². The molecule has 0 bridgehead atoms. The van der Waals surface area contributed by atoms with Crippen LogP contribution in [0.1, 0.15) is 31.0 Å². The number of rotatable bonds is 6. The molecular weight excluding hydrogens is 575 g/mol. The Hall–Kier alpha value is -0.0549. The number of hydrogen-bond acceptors (Lipinski definition) is 7. The number of aromatic nitrogens is 1. The predicted octanol–water partition coefficient (Wildman–Crippen LogP) is -5.16. The zero-order chi connectivity index (χ0) is 17.0. The van der Waals surface area contributed by atoms with E-state index in [1.165, 1.54) is 0 Å². The summed E-state index contributed by atoms with van der Waals surface area (Å²) in [5.41, 5.74) is 1.03. The zero-order valence-electron chi connectivity index (χ0n) is 14.8. The summed E-state index contributed by atoms with van der Waals surface area (Å²) in [6, 6.07) is 8.24. The first-order chi connectivity index (χ1) is 10.8. The van der Waals surface area contributed by atoms with Gasteiger partial charge >= 0.3 is 63.2 Å². The van der Waals surface area contributed by atoms with Crippen LogP contribution in [0.5, 0.6) is 5.95 Å². The van der Waals surface area contributed by atoms with Crippen molar-refractivity contribution in [2.45, 2.75) is 31.1 Å². The number of nitrogens with zero attached hydrogens (tertiary/aromatic N) is 2. The van der Waals surface area contributed by atoms with E-state index in [1.807, 2.05) is 30.3 Å². The molecule has 6 nitrogen and oxygen atoms in total. The van der Waals surface area contributed by atoms with Crippen LogP contribution in [0.25, 0.3) is 0 Å². The number of carbonyl (C=O) groups excluding carboxylic acids is 1. The van der Waals surface area contributed by atoms with E-state index >= 15 is 0 Å². The fourth-order valence-electron chi connectivity index (χ4n) is 1.97. The van der Waals surface area contributed by atoms with Crippen LogP contribution < -0.4 is 47.1 Å². The molecule has 130 valence electrons. The van der Waals surface area contributed by atoms with Gasteiger partial charge in [-0.15, -0.1) is 4.75 Å². The largest absolute Gasteiger partial charge is 2.00 e. The molecule has 26 heavy (non-hydrogen) atoms. The van der Waals surface area contributed by atoms with Crippen LogP contribution in [0.15, 0.2) is 39.7 Å². The second kappa shape index (κ2) is 12.4. The Kier molecular flexibility index (Phi) is 13.4. The summed E-state index contributed by atoms with van der Waals surface area (Å²) in [4.78, 5) is 19.1. The number of carboxylic acids is 1. The molecule has 1 unspecified atom stereocenters. The third kappa shape index (κ3) is 8.31. The van der Waals surface area contributed by atoms with Crippen molar-refractivity contribution in [2.24, 2.45) is 4.99 Å². The fraction of sp³-hybridized carbons (Fsp3) is 0.312. The number of hydrogen-bond donors (Lipinski definition) is 1. The molecule has 1 aromatic carbocycles. The van der Waals surface area contributed by atoms with Crippen LogP contribution >= 0.6 is 0 Å². The van der Waals surface area contributed by atoms with Crippen molar-refractivity contribution < 1.29 is 89.1 Å². The molecule has 0 spiro atoms. The van der Waals surface area contributed by atoms with Crippen LogP contribution in [-0.2, 0) is 51.5 Å². The predicted molar refractivity (Wildman–Crippen MR) is 85.2 cm³/mol. The van der Waals surface area contributed by atoms with Gasteiger partial charge in [0.1, 0.15) is 0 Å². The molecule has 0 fully saturated rings. The molecule has 1 atom stereocenters. The second-order valence-electron chi connectivity index (χ2n) is 5.56. The molecule has 1 heterocycles. The molecule has 0 aliphatic heterocycles. The number of carbonyl (C=O) groups is 1. The van der Waals surface area contributed by atoms with Gasteiger partial charge in [0.25, 0.3) is 0 Å². The molecule has 10 heteroatoms. The number of aliphatic carboxylic acids is 1. The first-order valence-corrected chi connectivity index (χ1v) is 7.35. The Morgan fingerprint density at radius 1 is 1.42 bits per heavy atom. The van der Waals surface area contributed by atoms with Gasteiger partial charge < -0.3 is 44.5 Å². The van der Waals surface area contributed by atoms with Crippen LogP contribution in [0.2, 0.25) is 0 Å². The topological polar surface area (TPSA) is 98.8 Å². The van der Waals surface area contributed by atoms with Crippen molar-refractivity contribution in [1.29, 1.82) is 0 Å². The molecule has 0 radical (unpaired) electrons. The van der Waals surface area contributed by atoms with Gasteiger partial charge in [-0.05, 0) is 5.56 Å². The smallest absolute Gasteiger partial charge is 1.00 e. The number of halogens is 1. The number of carboxylic acid groups (broad SMARTS) is 1. The van der Waals surface area contributed by atoms with Crippen molar-refractivity contribution in [2.75, 3.05) is 0 Å². The van der Waals surface area contributed by atoms with E-state index in [2.05, 4.69) is 9.98 Å². The van der Waals surface area contributed by atoms with Crippen LogP contribution in [0, 0.1) is 0 Å². The van der Waals surface area contributed by atoms with Gasteiger partial charge in [0.15, 0.2) is 5.69 Å². The van der Waals surface area contributed by atoms with Gasteiger partial charge in [-0.1, -0.05) is 44.2 Å². The summed E-state index contributed by atoms with van der Waals surface area (Å²) >= 11 is 5.08. The molecule has 1 aromatic heterocycles. The van der Waals surface area contributed by atoms with Gasteiger partial charge in [-0.3, -0.25) is 4.99 Å². The maximum atomic E-state index is 11.1. The van der Waals surface area contributed by atoms with E-state index in [0.29, 0.717) is 12.3 Å². The fourth-order valence-corrected chi connectivity index (χ4v) is 2.13. The van der Waals surface area contributed by atoms with Gasteiger partial charge in [0.2, 0.25) is 5.89 Å². The molecule has 2 rings (SSSR count). The second-order valence-corrected chi connectivity index (χ2v) is 6.62. The third-order valence-corrected chi connectivity index (χ3v) is 3.33. The van der Waals surface area contributed by atoms with E-state index in [-0.39, 0.29) is 75.3 Å². The monoisotopic (exact) mass is 592 g/mol. The van der Waals surface area contributed by atoms with Crippen molar-refractivity contribution in [3.05, 3.63) is 47.5 Å². The van der Waals surface area contributed by atoms with E-state index in [1.54, 1.807) is 13.8 Å².